The van der Waals surface area contributed by atoms with Gasteiger partial charge >= 0.3 is 0 Å². The molecule has 0 saturated heterocycles. The fourth-order valence-electron chi connectivity index (χ4n) is 1.23. The summed E-state index contributed by atoms with van der Waals surface area (Å²) in [6.07, 6.45) is 5.13. The quantitative estimate of drug-likeness (QED) is 0.369. The van der Waals surface area contributed by atoms with Crippen molar-refractivity contribution in [1.29, 1.82) is 0 Å². The van der Waals surface area contributed by atoms with E-state index in [1.807, 2.05) is 20.3 Å². The third-order valence-corrected chi connectivity index (χ3v) is 2.37. The Labute approximate surface area is 146 Å². The molecule has 0 spiro atoms. The number of aliphatic hydroxyl groups excluding tert-OH is 2. The minimum Gasteiger partial charge on any atom is -0.396 e. The molecule has 0 aliphatic heterocycles. The van der Waals surface area contributed by atoms with Crippen molar-refractivity contribution in [2.24, 2.45) is 5.73 Å². The second kappa shape index (κ2) is 23.8. The van der Waals surface area contributed by atoms with Gasteiger partial charge in [0.1, 0.15) is 0 Å². The van der Waals surface area contributed by atoms with E-state index in [1.54, 1.807) is 13.0 Å². The van der Waals surface area contributed by atoms with E-state index in [0.717, 1.165) is 0 Å². The summed E-state index contributed by atoms with van der Waals surface area (Å²) >= 11 is 0. The Bertz CT molecular complexity index is 298. The summed E-state index contributed by atoms with van der Waals surface area (Å²) in [5.74, 6) is -0.258. The van der Waals surface area contributed by atoms with Crippen LogP contribution in [0, 0.1) is 6.42 Å². The molecule has 1 unspecified atom stereocenters. The Hall–Kier alpha value is -1.44. The van der Waals surface area contributed by atoms with Crippen LogP contribution >= 0.6 is 0 Å². The maximum atomic E-state index is 11.3. The highest BCUT2D eigenvalue weighted by molar-refractivity contribution is 5.77. The van der Waals surface area contributed by atoms with E-state index < -0.39 is 0 Å². The molecule has 6 N–H and O–H groups in total. The second-order valence-corrected chi connectivity index (χ2v) is 4.98. The van der Waals surface area contributed by atoms with E-state index in [9.17, 15) is 9.59 Å². The third-order valence-electron chi connectivity index (χ3n) is 2.37. The fraction of sp³-hybridized carbons (Fsp3) is 0.706. The number of allylic oxidation sites excluding steroid dienone is 1. The summed E-state index contributed by atoms with van der Waals surface area (Å²) in [6, 6.07) is -0.140. The SMILES string of the molecule is C=CC.CC(CNC(=O)CCCO)NC(=O)CCCO.C[CH]CN. The molecule has 0 aromatic rings. The Balaban J connectivity index is -0.000000531. The zero-order chi connectivity index (χ0) is 19.2. The average molecular weight is 346 g/mol. The van der Waals surface area contributed by atoms with E-state index >= 15 is 0 Å². The zero-order valence-electron chi connectivity index (χ0n) is 15.4. The van der Waals surface area contributed by atoms with E-state index in [2.05, 4.69) is 17.2 Å². The first-order valence-corrected chi connectivity index (χ1v) is 8.26. The van der Waals surface area contributed by atoms with Crippen molar-refractivity contribution in [3.05, 3.63) is 19.1 Å². The van der Waals surface area contributed by atoms with E-state index in [0.29, 0.717) is 38.8 Å². The number of rotatable bonds is 10. The first-order chi connectivity index (χ1) is 11.4. The maximum absolute atomic E-state index is 11.3. The molecule has 0 aliphatic rings. The number of hydrogen-bond donors (Lipinski definition) is 5. The molecular weight excluding hydrogens is 310 g/mol. The Morgan fingerprint density at radius 3 is 1.92 bits per heavy atom. The summed E-state index contributed by atoms with van der Waals surface area (Å²) in [6.45, 7) is 10.0. The third kappa shape index (κ3) is 28.7. The molecule has 1 radical (unpaired) electrons. The van der Waals surface area contributed by atoms with Crippen LogP contribution in [0.5, 0.6) is 0 Å². The lowest BCUT2D eigenvalue weighted by atomic mass is 10.2. The lowest BCUT2D eigenvalue weighted by molar-refractivity contribution is -0.123. The molecule has 0 aromatic heterocycles. The number of hydrogen-bond acceptors (Lipinski definition) is 5. The van der Waals surface area contributed by atoms with E-state index in [4.69, 9.17) is 15.9 Å². The summed E-state index contributed by atoms with van der Waals surface area (Å²) in [7, 11) is 0. The molecule has 0 bridgehead atoms. The van der Waals surface area contributed by atoms with Crippen molar-refractivity contribution in [2.75, 3.05) is 26.3 Å². The number of amides is 2. The standard InChI is InChI=1S/C11H22N2O4.C3H8N.C3H6/c1-9(13-11(17)5-3-7-15)8-12-10(16)4-2-6-14;1-2-3-4;1-3-2/h9,14-15H,2-8H2,1H3,(H,12,16)(H,13,17);2H,3-4H2,1H3;3H,1H2,2H3. The van der Waals surface area contributed by atoms with Crippen molar-refractivity contribution in [3.63, 3.8) is 0 Å². The lowest BCUT2D eigenvalue weighted by Crippen LogP contribution is -2.41. The predicted octanol–water partition coefficient (Wildman–Crippen LogP) is 0.514. The normalized spacial score (nSPS) is 10.2. The minimum atomic E-state index is -0.140. The summed E-state index contributed by atoms with van der Waals surface area (Å²) in [5.41, 5.74) is 4.97. The molecular formula is C17H36N3O4. The monoisotopic (exact) mass is 346 g/mol. The van der Waals surface area contributed by atoms with Crippen LogP contribution in [0.2, 0.25) is 0 Å². The second-order valence-electron chi connectivity index (χ2n) is 4.98. The molecule has 7 nitrogen and oxygen atoms in total. The summed E-state index contributed by atoms with van der Waals surface area (Å²) in [4.78, 5) is 22.5. The van der Waals surface area contributed by atoms with Crippen LogP contribution < -0.4 is 16.4 Å². The highest BCUT2D eigenvalue weighted by Crippen LogP contribution is 1.90. The van der Waals surface area contributed by atoms with Gasteiger partial charge in [-0.25, -0.2) is 0 Å². The number of aliphatic hydroxyl groups is 2. The van der Waals surface area contributed by atoms with E-state index in [-0.39, 0.29) is 31.1 Å². The van der Waals surface area contributed by atoms with Gasteiger partial charge in [-0.15, -0.1) is 6.58 Å². The van der Waals surface area contributed by atoms with Crippen LogP contribution in [0.15, 0.2) is 12.7 Å². The highest BCUT2D eigenvalue weighted by atomic mass is 16.3. The van der Waals surface area contributed by atoms with Crippen LogP contribution in [0.1, 0.15) is 46.5 Å². The highest BCUT2D eigenvalue weighted by Gasteiger charge is 2.08. The largest absolute Gasteiger partial charge is 0.396 e. The van der Waals surface area contributed by atoms with Crippen LogP contribution in [0.25, 0.3) is 0 Å². The van der Waals surface area contributed by atoms with Gasteiger partial charge in [-0.3, -0.25) is 9.59 Å². The van der Waals surface area contributed by atoms with Gasteiger partial charge in [-0.2, -0.15) is 0 Å². The van der Waals surface area contributed by atoms with E-state index in [1.165, 1.54) is 0 Å². The molecule has 0 fully saturated rings. The molecule has 0 rings (SSSR count). The molecule has 7 heteroatoms. The summed E-state index contributed by atoms with van der Waals surface area (Å²) in [5, 5.41) is 22.5. The maximum Gasteiger partial charge on any atom is 0.220 e. The molecule has 0 aromatic carbocycles. The smallest absolute Gasteiger partial charge is 0.220 e. The Kier molecular flexibility index (Phi) is 27.2. The van der Waals surface area contributed by atoms with Gasteiger partial charge in [0.25, 0.3) is 0 Å². The van der Waals surface area contributed by atoms with Gasteiger partial charge in [0, 0.05) is 38.6 Å². The molecule has 0 heterocycles. The number of carbonyl (C=O) groups is 2. The predicted molar refractivity (Wildman–Crippen MR) is 98.2 cm³/mol. The van der Waals surface area contributed by atoms with Crippen LogP contribution in [0.3, 0.4) is 0 Å². The van der Waals surface area contributed by atoms with Crippen LogP contribution in [-0.2, 0) is 9.59 Å². The molecule has 0 saturated carbocycles. The topological polar surface area (TPSA) is 125 Å². The van der Waals surface area contributed by atoms with Crippen LogP contribution in [0.4, 0.5) is 0 Å². The van der Waals surface area contributed by atoms with Crippen LogP contribution in [-0.4, -0.2) is 54.4 Å². The van der Waals surface area contributed by atoms with Crippen molar-refractivity contribution in [2.45, 2.75) is 52.5 Å². The van der Waals surface area contributed by atoms with Crippen molar-refractivity contribution < 1.29 is 19.8 Å². The van der Waals surface area contributed by atoms with Gasteiger partial charge in [0.05, 0.1) is 0 Å². The Morgan fingerprint density at radius 2 is 1.54 bits per heavy atom. The number of nitrogens with two attached hydrogens (primary N) is 1. The van der Waals surface area contributed by atoms with Crippen molar-refractivity contribution in [1.82, 2.24) is 10.6 Å². The lowest BCUT2D eigenvalue weighted by Gasteiger charge is -2.14. The van der Waals surface area contributed by atoms with Gasteiger partial charge < -0.3 is 26.6 Å². The first kappa shape index (κ1) is 27.4. The zero-order valence-corrected chi connectivity index (χ0v) is 15.4. The van der Waals surface area contributed by atoms with Gasteiger partial charge in [-0.1, -0.05) is 13.0 Å². The number of carbonyl (C=O) groups excluding carboxylic acids is 2. The molecule has 1 atom stereocenters. The fourth-order valence-corrected chi connectivity index (χ4v) is 1.23. The summed E-state index contributed by atoms with van der Waals surface area (Å²) < 4.78 is 0. The van der Waals surface area contributed by atoms with Gasteiger partial charge in [-0.05, 0) is 39.7 Å². The van der Waals surface area contributed by atoms with Crippen molar-refractivity contribution in [3.8, 4) is 0 Å². The Morgan fingerprint density at radius 1 is 1.12 bits per heavy atom. The first-order valence-electron chi connectivity index (χ1n) is 8.26. The molecule has 143 valence electrons. The average Bonchev–Trinajstić information content (AvgIpc) is 2.57. The molecule has 24 heavy (non-hydrogen) atoms. The van der Waals surface area contributed by atoms with Crippen molar-refractivity contribution >= 4 is 11.8 Å². The van der Waals surface area contributed by atoms with Gasteiger partial charge in [0.15, 0.2) is 0 Å². The molecule has 0 aliphatic carbocycles. The minimum absolute atomic E-state index is 0.000301. The molecule has 2 amide bonds. The van der Waals surface area contributed by atoms with Gasteiger partial charge in [0.2, 0.25) is 11.8 Å². The number of nitrogens with one attached hydrogen (secondary N) is 2.